The lowest BCUT2D eigenvalue weighted by molar-refractivity contribution is 0.445. The molecule has 20 heavy (non-hydrogen) atoms. The molecule has 2 aromatic heterocycles. The second-order valence-electron chi connectivity index (χ2n) is 5.88. The maximum atomic E-state index is 5.92. The molecule has 0 spiro atoms. The summed E-state index contributed by atoms with van der Waals surface area (Å²) in [6.45, 7) is 6.84. The summed E-state index contributed by atoms with van der Waals surface area (Å²) in [5.41, 5.74) is 2.15. The van der Waals surface area contributed by atoms with Gasteiger partial charge in [0.15, 0.2) is 0 Å². The molecule has 2 heterocycles. The largest absolute Gasteiger partial charge is 0.325 e. The molecule has 0 radical (unpaired) electrons. The van der Waals surface area contributed by atoms with Crippen molar-refractivity contribution in [2.45, 2.75) is 52.5 Å². The third-order valence-corrected chi connectivity index (χ3v) is 3.92. The zero-order valence-electron chi connectivity index (χ0n) is 12.6. The minimum Gasteiger partial charge on any atom is -0.325 e. The molecule has 0 bridgehead atoms. The minimum absolute atomic E-state index is 0.458. The first kappa shape index (κ1) is 15.3. The van der Waals surface area contributed by atoms with Gasteiger partial charge in [-0.1, -0.05) is 26.7 Å². The highest BCUT2D eigenvalue weighted by Gasteiger charge is 2.15. The van der Waals surface area contributed by atoms with Crippen LogP contribution in [0.5, 0.6) is 0 Å². The van der Waals surface area contributed by atoms with Gasteiger partial charge in [-0.2, -0.15) is 0 Å². The zero-order chi connectivity index (χ0) is 14.5. The van der Waals surface area contributed by atoms with Crippen molar-refractivity contribution in [3.05, 3.63) is 24.3 Å². The van der Waals surface area contributed by atoms with Gasteiger partial charge in [0.25, 0.3) is 0 Å². The van der Waals surface area contributed by atoms with Crippen molar-refractivity contribution in [3.63, 3.8) is 0 Å². The Bertz CT molecular complexity index is 548. The van der Waals surface area contributed by atoms with Crippen LogP contribution in [-0.2, 0) is 6.42 Å². The number of hydrogen-bond donors (Lipinski definition) is 0. The van der Waals surface area contributed by atoms with E-state index < -0.39 is 0 Å². The van der Waals surface area contributed by atoms with E-state index in [-0.39, 0.29) is 0 Å². The van der Waals surface area contributed by atoms with E-state index >= 15 is 0 Å². The molecule has 0 aliphatic rings. The number of pyridine rings is 1. The Morgan fingerprint density at radius 3 is 2.75 bits per heavy atom. The maximum absolute atomic E-state index is 5.92. The number of imidazole rings is 1. The van der Waals surface area contributed by atoms with Crippen molar-refractivity contribution >= 4 is 22.6 Å². The first-order valence-corrected chi connectivity index (χ1v) is 8.03. The summed E-state index contributed by atoms with van der Waals surface area (Å²) in [5.74, 6) is 2.46. The Hall–Kier alpha value is -1.09. The van der Waals surface area contributed by atoms with Crippen molar-refractivity contribution in [3.8, 4) is 0 Å². The molecule has 0 amide bonds. The Morgan fingerprint density at radius 2 is 2.05 bits per heavy atom. The fourth-order valence-corrected chi connectivity index (χ4v) is 2.87. The molecule has 110 valence electrons. The quantitative estimate of drug-likeness (QED) is 0.699. The molecule has 0 aliphatic heterocycles. The van der Waals surface area contributed by atoms with Crippen molar-refractivity contribution in [1.29, 1.82) is 0 Å². The second-order valence-corrected chi connectivity index (χ2v) is 6.25. The number of aryl methyl sites for hydroxylation is 1. The molecule has 0 saturated heterocycles. The molecule has 0 aromatic carbocycles. The average molecular weight is 294 g/mol. The van der Waals surface area contributed by atoms with Gasteiger partial charge in [-0.05, 0) is 25.3 Å². The molecule has 1 unspecified atom stereocenters. The van der Waals surface area contributed by atoms with Crippen LogP contribution in [0, 0.1) is 5.92 Å². The van der Waals surface area contributed by atoms with Crippen LogP contribution in [0.2, 0.25) is 0 Å². The standard InChI is InChI=1S/C16H24ClN3/c1-12(2)5-4-6-13(3)20-15-8-10-18-11-14(15)19-16(20)7-9-17/h8,10-13H,4-7,9H2,1-3H3. The van der Waals surface area contributed by atoms with Gasteiger partial charge in [0.2, 0.25) is 0 Å². The summed E-state index contributed by atoms with van der Waals surface area (Å²) in [5, 5.41) is 0. The van der Waals surface area contributed by atoms with Crippen LogP contribution in [0.25, 0.3) is 11.0 Å². The highest BCUT2D eigenvalue weighted by Crippen LogP contribution is 2.25. The van der Waals surface area contributed by atoms with Crippen molar-refractivity contribution in [2.24, 2.45) is 5.92 Å². The summed E-state index contributed by atoms with van der Waals surface area (Å²) in [6, 6.07) is 2.51. The first-order chi connectivity index (χ1) is 9.63. The number of nitrogens with zero attached hydrogens (tertiary/aromatic N) is 3. The molecule has 0 aliphatic carbocycles. The molecule has 2 rings (SSSR count). The maximum Gasteiger partial charge on any atom is 0.111 e. The van der Waals surface area contributed by atoms with Gasteiger partial charge in [-0.15, -0.1) is 11.6 Å². The van der Waals surface area contributed by atoms with E-state index in [1.165, 1.54) is 24.8 Å². The van der Waals surface area contributed by atoms with E-state index in [1.807, 2.05) is 12.4 Å². The van der Waals surface area contributed by atoms with E-state index in [9.17, 15) is 0 Å². The van der Waals surface area contributed by atoms with Crippen LogP contribution in [0.15, 0.2) is 18.5 Å². The van der Waals surface area contributed by atoms with Crippen LogP contribution in [0.1, 0.15) is 51.9 Å². The number of aromatic nitrogens is 3. The Labute approximate surface area is 126 Å². The summed E-state index contributed by atoms with van der Waals surface area (Å²) < 4.78 is 2.35. The molecule has 0 fully saturated rings. The highest BCUT2D eigenvalue weighted by atomic mass is 35.5. The van der Waals surface area contributed by atoms with E-state index in [0.717, 1.165) is 23.7 Å². The van der Waals surface area contributed by atoms with Crippen LogP contribution in [0.4, 0.5) is 0 Å². The SMILES string of the molecule is CC(C)CCCC(C)n1c(CCCl)nc2cnccc21. The highest BCUT2D eigenvalue weighted by molar-refractivity contribution is 6.17. The van der Waals surface area contributed by atoms with Gasteiger partial charge in [-0.25, -0.2) is 4.98 Å². The number of halogens is 1. The fraction of sp³-hybridized carbons (Fsp3) is 0.625. The Kier molecular flexibility index (Phi) is 5.41. The molecule has 4 heteroatoms. The molecular weight excluding hydrogens is 270 g/mol. The second kappa shape index (κ2) is 7.07. The van der Waals surface area contributed by atoms with E-state index in [4.69, 9.17) is 11.6 Å². The summed E-state index contributed by atoms with van der Waals surface area (Å²) >= 11 is 5.92. The van der Waals surface area contributed by atoms with Gasteiger partial charge >= 0.3 is 0 Å². The predicted octanol–water partition coefficient (Wildman–Crippen LogP) is 4.60. The zero-order valence-corrected chi connectivity index (χ0v) is 13.4. The fourth-order valence-electron chi connectivity index (χ4n) is 2.70. The monoisotopic (exact) mass is 293 g/mol. The lowest BCUT2D eigenvalue weighted by atomic mass is 10.0. The third kappa shape index (κ3) is 3.51. The van der Waals surface area contributed by atoms with Crippen molar-refractivity contribution < 1.29 is 0 Å². The number of fused-ring (bicyclic) bond motifs is 1. The Morgan fingerprint density at radius 1 is 1.25 bits per heavy atom. The number of rotatable bonds is 7. The average Bonchev–Trinajstić information content (AvgIpc) is 2.76. The van der Waals surface area contributed by atoms with Crippen LogP contribution in [0.3, 0.4) is 0 Å². The lowest BCUT2D eigenvalue weighted by Gasteiger charge is -2.18. The molecule has 2 aromatic rings. The molecule has 1 atom stereocenters. The van der Waals surface area contributed by atoms with Crippen molar-refractivity contribution in [2.75, 3.05) is 5.88 Å². The lowest BCUT2D eigenvalue weighted by Crippen LogP contribution is -2.10. The molecule has 3 nitrogen and oxygen atoms in total. The number of alkyl halides is 1. The summed E-state index contributed by atoms with van der Waals surface area (Å²) in [7, 11) is 0. The normalized spacial score (nSPS) is 13.2. The first-order valence-electron chi connectivity index (χ1n) is 7.50. The van der Waals surface area contributed by atoms with Crippen LogP contribution in [-0.4, -0.2) is 20.4 Å². The van der Waals surface area contributed by atoms with Gasteiger partial charge in [0.05, 0.1) is 11.7 Å². The van der Waals surface area contributed by atoms with E-state index in [0.29, 0.717) is 11.9 Å². The molecule has 0 N–H and O–H groups in total. The van der Waals surface area contributed by atoms with E-state index in [1.54, 1.807) is 0 Å². The van der Waals surface area contributed by atoms with Gasteiger partial charge < -0.3 is 4.57 Å². The molecular formula is C16H24ClN3. The topological polar surface area (TPSA) is 30.7 Å². The third-order valence-electron chi connectivity index (χ3n) is 3.73. The minimum atomic E-state index is 0.458. The van der Waals surface area contributed by atoms with Gasteiger partial charge in [0, 0.05) is 24.5 Å². The van der Waals surface area contributed by atoms with Gasteiger partial charge in [0.1, 0.15) is 11.3 Å². The molecule has 0 saturated carbocycles. The predicted molar refractivity (Wildman–Crippen MR) is 85.4 cm³/mol. The summed E-state index contributed by atoms with van der Waals surface area (Å²) in [4.78, 5) is 8.85. The van der Waals surface area contributed by atoms with E-state index in [2.05, 4.69) is 41.4 Å². The van der Waals surface area contributed by atoms with Crippen molar-refractivity contribution in [1.82, 2.24) is 14.5 Å². The van der Waals surface area contributed by atoms with Crippen LogP contribution >= 0.6 is 11.6 Å². The van der Waals surface area contributed by atoms with Crippen LogP contribution < -0.4 is 0 Å². The smallest absolute Gasteiger partial charge is 0.111 e. The van der Waals surface area contributed by atoms with Gasteiger partial charge in [-0.3, -0.25) is 4.98 Å². The number of hydrogen-bond acceptors (Lipinski definition) is 2. The Balaban J connectivity index is 2.23. The summed E-state index contributed by atoms with van der Waals surface area (Å²) in [6.07, 6.45) is 8.20.